The summed E-state index contributed by atoms with van der Waals surface area (Å²) in [5, 5.41) is 3.00. The van der Waals surface area contributed by atoms with Crippen LogP contribution in [-0.2, 0) is 12.2 Å². The minimum Gasteiger partial charge on any atom is -0.316 e. The molecule has 0 aliphatic carbocycles. The molecule has 2 aromatic rings. The molecule has 19 heavy (non-hydrogen) atoms. The number of nitrogens with zero attached hydrogens (tertiary/aromatic N) is 2. The van der Waals surface area contributed by atoms with Gasteiger partial charge in [-0.15, -0.1) is 0 Å². The molecular formula is C14H15N3OS. The lowest BCUT2D eigenvalue weighted by Crippen LogP contribution is -2.15. The van der Waals surface area contributed by atoms with Crippen LogP contribution in [0.25, 0.3) is 5.69 Å². The predicted octanol–water partition coefficient (Wildman–Crippen LogP) is 3.52. The van der Waals surface area contributed by atoms with Crippen LogP contribution in [0.4, 0.5) is 10.5 Å². The van der Waals surface area contributed by atoms with Gasteiger partial charge in [-0.25, -0.2) is 4.98 Å². The standard InChI is InChI=1S/C14H15N3OS/c1-3-10-4-12(17-6-9(2)15-8-17)5-11-7-19-14(18)16-13(10)11/h4-6,8H,3,7H2,1-2H3,(H,16,18). The highest BCUT2D eigenvalue weighted by atomic mass is 32.2. The van der Waals surface area contributed by atoms with Crippen LogP contribution in [0.15, 0.2) is 24.7 Å². The van der Waals surface area contributed by atoms with Crippen LogP contribution in [0.3, 0.4) is 0 Å². The Morgan fingerprint density at radius 1 is 1.47 bits per heavy atom. The van der Waals surface area contributed by atoms with E-state index in [9.17, 15) is 4.79 Å². The fourth-order valence-corrected chi connectivity index (χ4v) is 2.98. The smallest absolute Gasteiger partial charge is 0.283 e. The quantitative estimate of drug-likeness (QED) is 0.910. The first-order valence-electron chi connectivity index (χ1n) is 6.28. The normalized spacial score (nSPS) is 14.1. The zero-order valence-electron chi connectivity index (χ0n) is 10.9. The van der Waals surface area contributed by atoms with Crippen LogP contribution in [0.1, 0.15) is 23.7 Å². The molecule has 0 radical (unpaired) electrons. The SMILES string of the molecule is CCc1cc(-n2cnc(C)c2)cc2c1NC(=O)SC2. The number of anilines is 1. The second-order valence-electron chi connectivity index (χ2n) is 4.62. The number of hydrogen-bond acceptors (Lipinski definition) is 3. The first kappa shape index (κ1) is 12.3. The zero-order valence-corrected chi connectivity index (χ0v) is 11.8. The second kappa shape index (κ2) is 4.74. The van der Waals surface area contributed by atoms with Gasteiger partial charge in [-0.2, -0.15) is 0 Å². The number of aryl methyl sites for hydroxylation is 2. The number of imidazole rings is 1. The van der Waals surface area contributed by atoms with E-state index in [2.05, 4.69) is 29.4 Å². The minimum absolute atomic E-state index is 0.0356. The van der Waals surface area contributed by atoms with Gasteiger partial charge in [0.2, 0.25) is 0 Å². The number of thioether (sulfide) groups is 1. The molecule has 1 amide bonds. The van der Waals surface area contributed by atoms with Gasteiger partial charge in [-0.1, -0.05) is 18.7 Å². The molecule has 98 valence electrons. The van der Waals surface area contributed by atoms with Crippen molar-refractivity contribution in [3.8, 4) is 5.69 Å². The van der Waals surface area contributed by atoms with Gasteiger partial charge in [-0.05, 0) is 36.6 Å². The van der Waals surface area contributed by atoms with E-state index in [0.717, 1.165) is 29.2 Å². The molecule has 0 spiro atoms. The van der Waals surface area contributed by atoms with Crippen LogP contribution in [-0.4, -0.2) is 14.8 Å². The summed E-state index contributed by atoms with van der Waals surface area (Å²) in [4.78, 5) is 15.7. The summed E-state index contributed by atoms with van der Waals surface area (Å²) in [5.74, 6) is 0.732. The molecule has 0 fully saturated rings. The van der Waals surface area contributed by atoms with Gasteiger partial charge < -0.3 is 9.88 Å². The third-order valence-corrected chi connectivity index (χ3v) is 4.08. The number of rotatable bonds is 2. The average molecular weight is 273 g/mol. The van der Waals surface area contributed by atoms with Crippen molar-refractivity contribution < 1.29 is 4.79 Å². The third-order valence-electron chi connectivity index (χ3n) is 3.26. The Labute approximate surface area is 116 Å². The lowest BCUT2D eigenvalue weighted by molar-refractivity contribution is 0.269. The Bertz CT molecular complexity index is 631. The van der Waals surface area contributed by atoms with Crippen LogP contribution >= 0.6 is 11.8 Å². The maximum absolute atomic E-state index is 11.5. The molecule has 1 aromatic carbocycles. The fourth-order valence-electron chi connectivity index (χ4n) is 2.30. The maximum atomic E-state index is 11.5. The molecule has 0 atom stereocenters. The van der Waals surface area contributed by atoms with Crippen LogP contribution in [0.5, 0.6) is 0 Å². The molecule has 0 unspecified atom stereocenters. The molecule has 0 bridgehead atoms. The molecular weight excluding hydrogens is 258 g/mol. The lowest BCUT2D eigenvalue weighted by atomic mass is 10.0. The minimum atomic E-state index is 0.0356. The number of aromatic nitrogens is 2. The van der Waals surface area contributed by atoms with Crippen LogP contribution in [0, 0.1) is 6.92 Å². The Morgan fingerprint density at radius 3 is 3.00 bits per heavy atom. The second-order valence-corrected chi connectivity index (χ2v) is 5.56. The predicted molar refractivity (Wildman–Crippen MR) is 78.0 cm³/mol. The fraction of sp³-hybridized carbons (Fsp3) is 0.286. The zero-order chi connectivity index (χ0) is 13.4. The van der Waals surface area contributed by atoms with E-state index >= 15 is 0 Å². The summed E-state index contributed by atoms with van der Waals surface area (Å²) in [6.07, 6.45) is 4.73. The van der Waals surface area contributed by atoms with Crippen molar-refractivity contribution in [2.45, 2.75) is 26.0 Å². The third kappa shape index (κ3) is 2.26. The molecule has 0 saturated heterocycles. The number of amides is 1. The molecule has 1 aromatic heterocycles. The van der Waals surface area contributed by atoms with E-state index < -0.39 is 0 Å². The lowest BCUT2D eigenvalue weighted by Gasteiger charge is -2.21. The van der Waals surface area contributed by atoms with Crippen molar-refractivity contribution in [3.05, 3.63) is 41.5 Å². The molecule has 5 heteroatoms. The van der Waals surface area contributed by atoms with Crippen LogP contribution in [0.2, 0.25) is 0 Å². The molecule has 3 rings (SSSR count). The van der Waals surface area contributed by atoms with Crippen molar-refractivity contribution in [2.24, 2.45) is 0 Å². The number of carbonyl (C=O) groups is 1. The van der Waals surface area contributed by atoms with Crippen molar-refractivity contribution in [1.82, 2.24) is 9.55 Å². The molecule has 0 saturated carbocycles. The topological polar surface area (TPSA) is 46.9 Å². The Morgan fingerprint density at radius 2 is 2.32 bits per heavy atom. The van der Waals surface area contributed by atoms with E-state index in [1.54, 1.807) is 0 Å². The molecule has 1 aliphatic rings. The molecule has 4 nitrogen and oxygen atoms in total. The first-order chi connectivity index (χ1) is 9.17. The summed E-state index contributed by atoms with van der Waals surface area (Å²) in [6, 6.07) is 4.25. The van der Waals surface area contributed by atoms with Crippen molar-refractivity contribution >= 4 is 22.7 Å². The molecule has 1 aliphatic heterocycles. The van der Waals surface area contributed by atoms with Gasteiger partial charge in [0.05, 0.1) is 12.0 Å². The highest BCUT2D eigenvalue weighted by Crippen LogP contribution is 2.33. The number of nitrogens with one attached hydrogen (secondary N) is 1. The summed E-state index contributed by atoms with van der Waals surface area (Å²) in [5.41, 5.74) is 5.45. The van der Waals surface area contributed by atoms with Gasteiger partial charge in [-0.3, -0.25) is 4.79 Å². The average Bonchev–Trinajstić information content (AvgIpc) is 2.84. The van der Waals surface area contributed by atoms with Crippen LogP contribution < -0.4 is 5.32 Å². The van der Waals surface area contributed by atoms with Gasteiger partial charge in [0.15, 0.2) is 0 Å². The van der Waals surface area contributed by atoms with Gasteiger partial charge in [0.25, 0.3) is 5.24 Å². The highest BCUT2D eigenvalue weighted by molar-refractivity contribution is 8.13. The summed E-state index contributed by atoms with van der Waals surface area (Å²) in [6.45, 7) is 4.08. The Kier molecular flexibility index (Phi) is 3.06. The summed E-state index contributed by atoms with van der Waals surface area (Å²) in [7, 11) is 0. The van der Waals surface area contributed by atoms with E-state index in [1.165, 1.54) is 22.9 Å². The van der Waals surface area contributed by atoms with Gasteiger partial charge in [0.1, 0.15) is 0 Å². The Hall–Kier alpha value is -1.75. The number of carbonyl (C=O) groups excluding carboxylic acids is 1. The number of fused-ring (bicyclic) bond motifs is 1. The van der Waals surface area contributed by atoms with Gasteiger partial charge >= 0.3 is 0 Å². The summed E-state index contributed by atoms with van der Waals surface area (Å²) >= 11 is 1.31. The van der Waals surface area contributed by atoms with E-state index in [-0.39, 0.29) is 5.24 Å². The van der Waals surface area contributed by atoms with Crippen molar-refractivity contribution in [1.29, 1.82) is 0 Å². The first-order valence-corrected chi connectivity index (χ1v) is 7.26. The van der Waals surface area contributed by atoms with E-state index in [0.29, 0.717) is 0 Å². The molecule has 1 N–H and O–H groups in total. The monoisotopic (exact) mass is 273 g/mol. The molecule has 2 heterocycles. The van der Waals surface area contributed by atoms with Crippen molar-refractivity contribution in [3.63, 3.8) is 0 Å². The number of hydrogen-bond donors (Lipinski definition) is 1. The van der Waals surface area contributed by atoms with E-state index in [4.69, 9.17) is 0 Å². The Balaban J connectivity index is 2.11. The van der Waals surface area contributed by atoms with E-state index in [1.807, 2.05) is 24.0 Å². The largest absolute Gasteiger partial charge is 0.316 e. The van der Waals surface area contributed by atoms with Crippen molar-refractivity contribution in [2.75, 3.05) is 5.32 Å². The maximum Gasteiger partial charge on any atom is 0.283 e. The highest BCUT2D eigenvalue weighted by Gasteiger charge is 2.19. The number of benzene rings is 1. The summed E-state index contributed by atoms with van der Waals surface area (Å²) < 4.78 is 2.02. The van der Waals surface area contributed by atoms with Gasteiger partial charge in [0, 0.05) is 23.3 Å².